The molecular formula is C28H14N4O4S. The zero-order valence-electron chi connectivity index (χ0n) is 18.9. The molecule has 0 heterocycles. The SMILES string of the molecule is N#Cc1ccc(Oc2ccc(S(=O)(=O)c3ccc(Oc4ccc(C#N)c(C#N)c4)cc3)cc2)cc1C#N. The molecule has 37 heavy (non-hydrogen) atoms. The maximum Gasteiger partial charge on any atom is 0.206 e. The van der Waals surface area contributed by atoms with Gasteiger partial charge in [0.15, 0.2) is 0 Å². The second kappa shape index (κ2) is 10.3. The molecule has 0 bridgehead atoms. The van der Waals surface area contributed by atoms with Gasteiger partial charge in [0, 0.05) is 0 Å². The van der Waals surface area contributed by atoms with E-state index in [9.17, 15) is 8.42 Å². The molecule has 0 atom stereocenters. The van der Waals surface area contributed by atoms with E-state index in [1.54, 1.807) is 12.1 Å². The van der Waals surface area contributed by atoms with Crippen LogP contribution in [-0.2, 0) is 9.84 Å². The Morgan fingerprint density at radius 3 is 1.11 bits per heavy atom. The van der Waals surface area contributed by atoms with Gasteiger partial charge in [-0.05, 0) is 84.9 Å². The maximum atomic E-state index is 13.1. The Labute approximate surface area is 212 Å². The minimum atomic E-state index is -3.83. The Hall–Kier alpha value is -5.61. The van der Waals surface area contributed by atoms with E-state index in [0.29, 0.717) is 23.0 Å². The van der Waals surface area contributed by atoms with Crippen LogP contribution in [0.3, 0.4) is 0 Å². The lowest BCUT2D eigenvalue weighted by Gasteiger charge is -2.10. The Kier molecular flexibility index (Phi) is 6.85. The van der Waals surface area contributed by atoms with E-state index >= 15 is 0 Å². The number of ether oxygens (including phenoxy) is 2. The third-order valence-electron chi connectivity index (χ3n) is 5.20. The molecule has 0 aliphatic carbocycles. The molecule has 0 saturated heterocycles. The fourth-order valence-corrected chi connectivity index (χ4v) is 4.60. The molecule has 0 aliphatic heterocycles. The summed E-state index contributed by atoms with van der Waals surface area (Å²) in [4.78, 5) is 0.105. The average molecular weight is 503 g/mol. The Morgan fingerprint density at radius 1 is 0.459 bits per heavy atom. The predicted molar refractivity (Wildman–Crippen MR) is 130 cm³/mol. The lowest BCUT2D eigenvalue weighted by atomic mass is 10.1. The van der Waals surface area contributed by atoms with Gasteiger partial charge in [-0.15, -0.1) is 0 Å². The fraction of sp³-hybridized carbons (Fsp3) is 0. The molecule has 4 rings (SSSR count). The Morgan fingerprint density at radius 2 is 0.784 bits per heavy atom. The van der Waals surface area contributed by atoms with Crippen molar-refractivity contribution in [3.05, 3.63) is 107 Å². The number of hydrogen-bond acceptors (Lipinski definition) is 8. The molecule has 0 spiro atoms. The summed E-state index contributed by atoms with van der Waals surface area (Å²) in [5.74, 6) is 1.39. The summed E-state index contributed by atoms with van der Waals surface area (Å²) in [7, 11) is -3.83. The van der Waals surface area contributed by atoms with Crippen LogP contribution in [0.2, 0.25) is 0 Å². The first-order chi connectivity index (χ1) is 17.9. The Balaban J connectivity index is 1.49. The van der Waals surface area contributed by atoms with Crippen LogP contribution in [0.4, 0.5) is 0 Å². The molecular weight excluding hydrogens is 488 g/mol. The summed E-state index contributed by atoms with van der Waals surface area (Å²) in [6.45, 7) is 0. The highest BCUT2D eigenvalue weighted by Crippen LogP contribution is 2.29. The summed E-state index contributed by atoms with van der Waals surface area (Å²) in [6.07, 6.45) is 0. The standard InChI is InChI=1S/C28H14N4O4S/c29-15-19-1-3-25(13-21(19)17-31)35-23-5-9-27(10-6-23)37(33,34)28-11-7-24(8-12-28)36-26-4-2-20(16-30)22(14-26)18-32/h1-14H. The zero-order valence-corrected chi connectivity index (χ0v) is 19.7. The summed E-state index contributed by atoms with van der Waals surface area (Å²) in [5.41, 5.74) is 0.820. The van der Waals surface area contributed by atoms with Gasteiger partial charge in [-0.1, -0.05) is 0 Å². The monoisotopic (exact) mass is 502 g/mol. The van der Waals surface area contributed by atoms with Crippen LogP contribution in [-0.4, -0.2) is 8.42 Å². The summed E-state index contributed by atoms with van der Waals surface area (Å²) < 4.78 is 37.5. The number of nitrogens with zero attached hydrogens (tertiary/aromatic N) is 4. The second-order valence-electron chi connectivity index (χ2n) is 7.51. The minimum absolute atomic E-state index is 0.0526. The van der Waals surface area contributed by atoms with Crippen molar-refractivity contribution < 1.29 is 17.9 Å². The molecule has 0 N–H and O–H groups in total. The molecule has 0 aliphatic rings. The zero-order chi connectivity index (χ0) is 26.4. The number of rotatable bonds is 6. The number of benzene rings is 4. The van der Waals surface area contributed by atoms with Gasteiger partial charge >= 0.3 is 0 Å². The first kappa shape index (κ1) is 24.5. The van der Waals surface area contributed by atoms with Crippen molar-refractivity contribution in [2.45, 2.75) is 9.79 Å². The van der Waals surface area contributed by atoms with Crippen LogP contribution in [0.1, 0.15) is 22.3 Å². The highest BCUT2D eigenvalue weighted by atomic mass is 32.2. The van der Waals surface area contributed by atoms with Gasteiger partial charge in [0.05, 0.1) is 32.0 Å². The molecule has 0 unspecified atom stereocenters. The van der Waals surface area contributed by atoms with Crippen molar-refractivity contribution in [3.63, 3.8) is 0 Å². The number of hydrogen-bond donors (Lipinski definition) is 0. The van der Waals surface area contributed by atoms with Crippen molar-refractivity contribution in [2.75, 3.05) is 0 Å². The lowest BCUT2D eigenvalue weighted by molar-refractivity contribution is 0.482. The van der Waals surface area contributed by atoms with Crippen LogP contribution >= 0.6 is 0 Å². The van der Waals surface area contributed by atoms with Gasteiger partial charge in [0.2, 0.25) is 9.84 Å². The summed E-state index contributed by atoms with van der Waals surface area (Å²) in [6, 6.07) is 28.2. The largest absolute Gasteiger partial charge is 0.457 e. The smallest absolute Gasteiger partial charge is 0.206 e. The van der Waals surface area contributed by atoms with Crippen LogP contribution in [0, 0.1) is 45.3 Å². The van der Waals surface area contributed by atoms with Gasteiger partial charge in [-0.25, -0.2) is 8.42 Å². The van der Waals surface area contributed by atoms with Gasteiger partial charge < -0.3 is 9.47 Å². The summed E-state index contributed by atoms with van der Waals surface area (Å²) >= 11 is 0. The third-order valence-corrected chi connectivity index (χ3v) is 6.99. The average Bonchev–Trinajstić information content (AvgIpc) is 2.93. The molecule has 4 aromatic rings. The van der Waals surface area contributed by atoms with E-state index in [4.69, 9.17) is 30.5 Å². The van der Waals surface area contributed by atoms with E-state index in [0.717, 1.165) is 0 Å². The molecule has 0 aromatic heterocycles. The highest BCUT2D eigenvalue weighted by Gasteiger charge is 2.18. The molecule has 4 aromatic carbocycles. The van der Waals surface area contributed by atoms with Gasteiger partial charge in [0.25, 0.3) is 0 Å². The molecule has 9 heteroatoms. The highest BCUT2D eigenvalue weighted by molar-refractivity contribution is 7.91. The van der Waals surface area contributed by atoms with Crippen LogP contribution in [0.5, 0.6) is 23.0 Å². The quantitative estimate of drug-likeness (QED) is 0.331. The van der Waals surface area contributed by atoms with Gasteiger partial charge in [0.1, 0.15) is 47.3 Å². The van der Waals surface area contributed by atoms with E-state index < -0.39 is 9.84 Å². The molecule has 0 saturated carbocycles. The van der Waals surface area contributed by atoms with Crippen molar-refractivity contribution >= 4 is 9.84 Å². The van der Waals surface area contributed by atoms with E-state index in [1.165, 1.54) is 72.8 Å². The first-order valence-corrected chi connectivity index (χ1v) is 12.1. The second-order valence-corrected chi connectivity index (χ2v) is 9.46. The molecule has 0 amide bonds. The van der Waals surface area contributed by atoms with Crippen molar-refractivity contribution in [3.8, 4) is 47.3 Å². The topological polar surface area (TPSA) is 148 Å². The lowest BCUT2D eigenvalue weighted by Crippen LogP contribution is -2.02. The number of sulfone groups is 1. The molecule has 0 radical (unpaired) electrons. The predicted octanol–water partition coefficient (Wildman–Crippen LogP) is 5.59. The van der Waals surface area contributed by atoms with Crippen molar-refractivity contribution in [1.29, 1.82) is 21.0 Å². The summed E-state index contributed by atoms with van der Waals surface area (Å²) in [5, 5.41) is 36.4. The van der Waals surface area contributed by atoms with Gasteiger partial charge in [-0.2, -0.15) is 21.0 Å². The molecule has 176 valence electrons. The maximum absolute atomic E-state index is 13.1. The van der Waals surface area contributed by atoms with Gasteiger partial charge in [-0.3, -0.25) is 0 Å². The molecule has 8 nitrogen and oxygen atoms in total. The normalized spacial score (nSPS) is 10.3. The van der Waals surface area contributed by atoms with E-state index in [1.807, 2.05) is 24.3 Å². The van der Waals surface area contributed by atoms with Crippen LogP contribution in [0.15, 0.2) is 94.7 Å². The molecule has 0 fully saturated rings. The van der Waals surface area contributed by atoms with Crippen LogP contribution < -0.4 is 9.47 Å². The number of nitriles is 4. The van der Waals surface area contributed by atoms with Crippen molar-refractivity contribution in [2.24, 2.45) is 0 Å². The minimum Gasteiger partial charge on any atom is -0.457 e. The fourth-order valence-electron chi connectivity index (χ4n) is 3.34. The third kappa shape index (κ3) is 5.24. The first-order valence-electron chi connectivity index (χ1n) is 10.6. The van der Waals surface area contributed by atoms with Crippen molar-refractivity contribution in [1.82, 2.24) is 0 Å². The van der Waals surface area contributed by atoms with Crippen LogP contribution in [0.25, 0.3) is 0 Å². The van der Waals surface area contributed by atoms with E-state index in [2.05, 4.69) is 0 Å². The Bertz CT molecular complexity index is 1640. The van der Waals surface area contributed by atoms with E-state index in [-0.39, 0.29) is 32.0 Å².